The van der Waals surface area contributed by atoms with Gasteiger partial charge in [0.2, 0.25) is 5.91 Å². The van der Waals surface area contributed by atoms with Gasteiger partial charge in [0.25, 0.3) is 0 Å². The number of amides is 1. The Labute approximate surface area is 147 Å². The smallest absolute Gasteiger partial charge is 0.237 e. The zero-order valence-corrected chi connectivity index (χ0v) is 14.8. The average molecular weight is 362 g/mol. The highest BCUT2D eigenvalue weighted by molar-refractivity contribution is 7.09. The zero-order chi connectivity index (χ0) is 14.4. The number of halogens is 2. The van der Waals surface area contributed by atoms with E-state index in [1.807, 2.05) is 42.6 Å². The number of benzene rings is 1. The van der Waals surface area contributed by atoms with Crippen molar-refractivity contribution >= 4 is 42.1 Å². The minimum absolute atomic E-state index is 0. The maximum Gasteiger partial charge on any atom is 0.237 e. The molecule has 1 heterocycles. The van der Waals surface area contributed by atoms with Crippen LogP contribution in [0.5, 0.6) is 0 Å². The van der Waals surface area contributed by atoms with Gasteiger partial charge in [-0.05, 0) is 18.9 Å². The number of aryl methyl sites for hydroxylation is 1. The summed E-state index contributed by atoms with van der Waals surface area (Å²) in [5, 5.41) is 5.93. The van der Waals surface area contributed by atoms with E-state index in [1.165, 1.54) is 0 Å². The number of hydrogen-bond donors (Lipinski definition) is 2. The summed E-state index contributed by atoms with van der Waals surface area (Å²) in [6, 6.07) is 9.30. The Kier molecular flexibility index (Phi) is 10.0. The van der Waals surface area contributed by atoms with Gasteiger partial charge in [0.1, 0.15) is 0 Å². The minimum Gasteiger partial charge on any atom is -0.354 e. The first-order valence-electron chi connectivity index (χ1n) is 6.63. The third kappa shape index (κ3) is 6.75. The summed E-state index contributed by atoms with van der Waals surface area (Å²) in [5.41, 5.74) is 8.00. The SMILES string of the molecule is Cc1nc(CCNC(=O)C(N)Cc2ccccc2)cs1.Cl.Cl. The molecule has 1 amide bonds. The summed E-state index contributed by atoms with van der Waals surface area (Å²) in [6.45, 7) is 2.55. The monoisotopic (exact) mass is 361 g/mol. The van der Waals surface area contributed by atoms with Gasteiger partial charge in [0.05, 0.1) is 16.7 Å². The third-order valence-corrected chi connectivity index (χ3v) is 3.80. The number of rotatable bonds is 6. The molecule has 0 saturated heterocycles. The molecular weight excluding hydrogens is 341 g/mol. The van der Waals surface area contributed by atoms with Crippen LogP contribution in [0.1, 0.15) is 16.3 Å². The van der Waals surface area contributed by atoms with Crippen LogP contribution < -0.4 is 11.1 Å². The van der Waals surface area contributed by atoms with E-state index < -0.39 is 6.04 Å². The van der Waals surface area contributed by atoms with Crippen molar-refractivity contribution in [2.45, 2.75) is 25.8 Å². The second-order valence-corrected chi connectivity index (χ2v) is 5.76. The van der Waals surface area contributed by atoms with Gasteiger partial charge in [0.15, 0.2) is 0 Å². The van der Waals surface area contributed by atoms with Crippen molar-refractivity contribution in [3.8, 4) is 0 Å². The molecule has 3 N–H and O–H groups in total. The van der Waals surface area contributed by atoms with E-state index in [9.17, 15) is 4.79 Å². The van der Waals surface area contributed by atoms with E-state index in [0.717, 1.165) is 22.7 Å². The van der Waals surface area contributed by atoms with E-state index in [4.69, 9.17) is 5.73 Å². The molecule has 0 bridgehead atoms. The molecule has 0 saturated carbocycles. The minimum atomic E-state index is -0.505. The fourth-order valence-electron chi connectivity index (χ4n) is 1.93. The summed E-state index contributed by atoms with van der Waals surface area (Å²) >= 11 is 1.62. The number of nitrogens with one attached hydrogen (secondary N) is 1. The quantitative estimate of drug-likeness (QED) is 0.830. The predicted molar refractivity (Wildman–Crippen MR) is 96.2 cm³/mol. The van der Waals surface area contributed by atoms with E-state index >= 15 is 0 Å². The highest BCUT2D eigenvalue weighted by Gasteiger charge is 2.13. The Balaban J connectivity index is 0.00000220. The van der Waals surface area contributed by atoms with Crippen LogP contribution in [0.4, 0.5) is 0 Å². The van der Waals surface area contributed by atoms with Crippen LogP contribution in [0.15, 0.2) is 35.7 Å². The van der Waals surface area contributed by atoms with E-state index in [-0.39, 0.29) is 30.7 Å². The molecule has 2 aromatic rings. The Morgan fingerprint density at radius 1 is 1.32 bits per heavy atom. The highest BCUT2D eigenvalue weighted by atomic mass is 35.5. The number of hydrogen-bond acceptors (Lipinski definition) is 4. The van der Waals surface area contributed by atoms with E-state index in [2.05, 4.69) is 10.3 Å². The van der Waals surface area contributed by atoms with Gasteiger partial charge in [-0.15, -0.1) is 36.2 Å². The van der Waals surface area contributed by atoms with Gasteiger partial charge in [-0.25, -0.2) is 4.98 Å². The molecule has 0 fully saturated rings. The maximum absolute atomic E-state index is 11.9. The van der Waals surface area contributed by atoms with Crippen molar-refractivity contribution in [1.29, 1.82) is 0 Å². The van der Waals surface area contributed by atoms with Crippen LogP contribution in [0.25, 0.3) is 0 Å². The predicted octanol–water partition coefficient (Wildman–Crippen LogP) is 2.52. The lowest BCUT2D eigenvalue weighted by molar-refractivity contribution is -0.122. The van der Waals surface area contributed by atoms with Crippen molar-refractivity contribution in [2.75, 3.05) is 6.54 Å². The van der Waals surface area contributed by atoms with Gasteiger partial charge in [-0.2, -0.15) is 0 Å². The largest absolute Gasteiger partial charge is 0.354 e. The lowest BCUT2D eigenvalue weighted by atomic mass is 10.1. The molecule has 0 aliphatic rings. The average Bonchev–Trinajstić information content (AvgIpc) is 2.85. The molecule has 122 valence electrons. The highest BCUT2D eigenvalue weighted by Crippen LogP contribution is 2.07. The molecule has 22 heavy (non-hydrogen) atoms. The molecule has 1 aromatic carbocycles. The van der Waals surface area contributed by atoms with Crippen LogP contribution >= 0.6 is 36.2 Å². The van der Waals surface area contributed by atoms with E-state index in [1.54, 1.807) is 11.3 Å². The number of carbonyl (C=O) groups excluding carboxylic acids is 1. The van der Waals surface area contributed by atoms with Gasteiger partial charge >= 0.3 is 0 Å². The summed E-state index contributed by atoms with van der Waals surface area (Å²) in [7, 11) is 0. The summed E-state index contributed by atoms with van der Waals surface area (Å²) < 4.78 is 0. The first-order chi connectivity index (χ1) is 9.65. The van der Waals surface area contributed by atoms with Crippen LogP contribution in [0.3, 0.4) is 0 Å². The third-order valence-electron chi connectivity index (χ3n) is 2.98. The van der Waals surface area contributed by atoms with Crippen molar-refractivity contribution in [3.63, 3.8) is 0 Å². The molecule has 1 aromatic heterocycles. The normalized spacial score (nSPS) is 11.0. The number of aromatic nitrogens is 1. The summed E-state index contributed by atoms with van der Waals surface area (Å²) in [4.78, 5) is 16.2. The topological polar surface area (TPSA) is 68.0 Å². The van der Waals surface area contributed by atoms with Gasteiger partial charge in [-0.1, -0.05) is 30.3 Å². The molecule has 2 rings (SSSR count). The first-order valence-corrected chi connectivity index (χ1v) is 7.51. The maximum atomic E-state index is 11.9. The summed E-state index contributed by atoms with van der Waals surface area (Å²) in [6.07, 6.45) is 1.30. The lowest BCUT2D eigenvalue weighted by Gasteiger charge is -2.11. The van der Waals surface area contributed by atoms with Crippen molar-refractivity contribution in [1.82, 2.24) is 10.3 Å². The fourth-order valence-corrected chi connectivity index (χ4v) is 2.58. The van der Waals surface area contributed by atoms with Crippen LogP contribution in [-0.2, 0) is 17.6 Å². The number of nitrogens with two attached hydrogens (primary N) is 1. The van der Waals surface area contributed by atoms with Crippen molar-refractivity contribution in [3.05, 3.63) is 52.0 Å². The molecule has 1 atom stereocenters. The Hall–Kier alpha value is -1.14. The molecule has 0 radical (unpaired) electrons. The molecule has 0 aliphatic carbocycles. The first kappa shape index (κ1) is 20.9. The Bertz CT molecular complexity index is 563. The number of thiazole rings is 1. The van der Waals surface area contributed by atoms with Crippen LogP contribution in [0.2, 0.25) is 0 Å². The van der Waals surface area contributed by atoms with Gasteiger partial charge < -0.3 is 11.1 Å². The van der Waals surface area contributed by atoms with Crippen molar-refractivity contribution < 1.29 is 4.79 Å². The number of nitrogens with zero attached hydrogens (tertiary/aromatic N) is 1. The molecule has 7 heteroatoms. The Morgan fingerprint density at radius 3 is 2.59 bits per heavy atom. The summed E-state index contributed by atoms with van der Waals surface area (Å²) in [5.74, 6) is -0.110. The molecule has 0 spiro atoms. The second-order valence-electron chi connectivity index (χ2n) is 4.70. The van der Waals surface area contributed by atoms with Crippen LogP contribution in [0, 0.1) is 6.92 Å². The Morgan fingerprint density at radius 2 is 2.00 bits per heavy atom. The second kappa shape index (κ2) is 10.6. The number of carbonyl (C=O) groups is 1. The molecular formula is C15H21Cl2N3OS. The van der Waals surface area contributed by atoms with Crippen molar-refractivity contribution in [2.24, 2.45) is 5.73 Å². The standard InChI is InChI=1S/C15H19N3OS.2ClH/c1-11-18-13(10-20-11)7-8-17-15(19)14(16)9-12-5-3-2-4-6-12;;/h2-6,10,14H,7-9,16H2,1H3,(H,17,19);2*1H. The molecule has 1 unspecified atom stereocenters. The lowest BCUT2D eigenvalue weighted by Crippen LogP contribution is -2.42. The molecule has 0 aliphatic heterocycles. The zero-order valence-electron chi connectivity index (χ0n) is 12.3. The fraction of sp³-hybridized carbons (Fsp3) is 0.333. The molecule has 4 nitrogen and oxygen atoms in total. The van der Waals surface area contributed by atoms with Gasteiger partial charge in [-0.3, -0.25) is 4.79 Å². The van der Waals surface area contributed by atoms with Crippen LogP contribution in [-0.4, -0.2) is 23.5 Å². The van der Waals surface area contributed by atoms with E-state index in [0.29, 0.717) is 13.0 Å². The van der Waals surface area contributed by atoms with Gasteiger partial charge in [0, 0.05) is 18.3 Å².